The molecule has 1 aliphatic carbocycles. The van der Waals surface area contributed by atoms with Gasteiger partial charge in [0.2, 0.25) is 5.78 Å². The van der Waals surface area contributed by atoms with Gasteiger partial charge in [-0.2, -0.15) is 13.5 Å². The molecule has 10 nitrogen and oxygen atoms in total. The van der Waals surface area contributed by atoms with Crippen molar-refractivity contribution < 1.29 is 21.8 Å². The molecule has 3 aromatic rings. The maximum atomic E-state index is 13.9. The molecule has 2 aromatic heterocycles. The van der Waals surface area contributed by atoms with E-state index in [1.807, 2.05) is 0 Å². The summed E-state index contributed by atoms with van der Waals surface area (Å²) in [6.45, 7) is 0.215. The minimum atomic E-state index is -3.97. The summed E-state index contributed by atoms with van der Waals surface area (Å²) in [5, 5.41) is 12.4. The van der Waals surface area contributed by atoms with E-state index in [1.165, 1.54) is 23.3 Å². The van der Waals surface area contributed by atoms with Gasteiger partial charge in [0.05, 0.1) is 18.7 Å². The summed E-state index contributed by atoms with van der Waals surface area (Å²) in [5.74, 6) is -0.307. The Morgan fingerprint density at radius 3 is 2.88 bits per heavy atom. The van der Waals surface area contributed by atoms with Gasteiger partial charge >= 0.3 is 10.3 Å². The van der Waals surface area contributed by atoms with E-state index in [-0.39, 0.29) is 48.0 Å². The van der Waals surface area contributed by atoms with Gasteiger partial charge in [0.15, 0.2) is 0 Å². The van der Waals surface area contributed by atoms with Crippen LogP contribution in [-0.2, 0) is 21.0 Å². The number of ketones is 1. The molecule has 3 N–H and O–H groups in total. The lowest BCUT2D eigenvalue weighted by Crippen LogP contribution is -2.22. The number of aromatic nitrogens is 4. The minimum Gasteiger partial charge on any atom is -0.367 e. The number of anilines is 1. The molecule has 0 aliphatic heterocycles. The van der Waals surface area contributed by atoms with E-state index in [0.717, 1.165) is 12.8 Å². The number of carbonyl (C=O) groups excluding carboxylic acids is 1. The third-order valence-corrected chi connectivity index (χ3v) is 5.94. The highest BCUT2D eigenvalue weighted by molar-refractivity contribution is 7.84. The van der Waals surface area contributed by atoms with Crippen LogP contribution in [0, 0.1) is 11.7 Å². The number of hydrogen-bond acceptors (Lipinski definition) is 8. The number of rotatable bonds is 9. The zero-order valence-electron chi connectivity index (χ0n) is 17.6. The van der Waals surface area contributed by atoms with E-state index in [1.54, 1.807) is 30.5 Å². The monoisotopic (exact) mass is 474 g/mol. The second kappa shape index (κ2) is 9.73. The first-order valence-corrected chi connectivity index (χ1v) is 11.8. The molecule has 0 amide bonds. The summed E-state index contributed by atoms with van der Waals surface area (Å²) in [4.78, 5) is 21.3. The lowest BCUT2D eigenvalue weighted by Gasteiger charge is -2.15. The zero-order chi connectivity index (χ0) is 23.4. The smallest absolute Gasteiger partial charge is 0.333 e. The Morgan fingerprint density at radius 1 is 1.27 bits per heavy atom. The molecule has 12 heteroatoms. The fourth-order valence-electron chi connectivity index (χ4n) is 3.86. The highest BCUT2D eigenvalue weighted by Gasteiger charge is 2.28. The molecule has 1 aromatic carbocycles. The highest BCUT2D eigenvalue weighted by atomic mass is 32.2. The summed E-state index contributed by atoms with van der Waals surface area (Å²) >= 11 is 0. The van der Waals surface area contributed by atoms with Crippen LogP contribution in [0.4, 0.5) is 10.2 Å². The van der Waals surface area contributed by atoms with E-state index >= 15 is 0 Å². The van der Waals surface area contributed by atoms with Crippen molar-refractivity contribution in [1.29, 1.82) is 0 Å². The van der Waals surface area contributed by atoms with Gasteiger partial charge < -0.3 is 5.32 Å². The Labute approximate surface area is 190 Å². The van der Waals surface area contributed by atoms with E-state index < -0.39 is 10.3 Å². The van der Waals surface area contributed by atoms with Crippen molar-refractivity contribution in [1.82, 2.24) is 19.7 Å². The van der Waals surface area contributed by atoms with Crippen LogP contribution < -0.4 is 10.5 Å². The Morgan fingerprint density at radius 2 is 2.09 bits per heavy atom. The Hall–Kier alpha value is -3.22. The van der Waals surface area contributed by atoms with Crippen molar-refractivity contribution in [2.75, 3.05) is 11.9 Å². The predicted molar refractivity (Wildman–Crippen MR) is 117 cm³/mol. The van der Waals surface area contributed by atoms with Gasteiger partial charge in [0.1, 0.15) is 23.7 Å². The molecular weight excluding hydrogens is 451 g/mol. The molecule has 2 atom stereocenters. The fourth-order valence-corrected chi connectivity index (χ4v) is 4.24. The van der Waals surface area contributed by atoms with Crippen molar-refractivity contribution in [3.05, 3.63) is 71.7 Å². The van der Waals surface area contributed by atoms with Gasteiger partial charge in [-0.3, -0.25) is 13.7 Å². The van der Waals surface area contributed by atoms with Crippen molar-refractivity contribution in [3.63, 3.8) is 0 Å². The van der Waals surface area contributed by atoms with Crippen LogP contribution in [0.15, 0.2) is 49.1 Å². The van der Waals surface area contributed by atoms with Crippen LogP contribution in [0.2, 0.25) is 0 Å². The van der Waals surface area contributed by atoms with Crippen LogP contribution in [0.5, 0.6) is 0 Å². The van der Waals surface area contributed by atoms with Gasteiger partial charge in [-0.1, -0.05) is 18.2 Å². The summed E-state index contributed by atoms with van der Waals surface area (Å²) < 4.78 is 42.1. The zero-order valence-corrected chi connectivity index (χ0v) is 18.4. The standard InChI is InChI=1S/C21H23FN6O4S/c22-18-4-2-1-3-15(18)11-28-8-7-19(27-28)20(29)17-10-24-13-25-21(17)26-16-6-5-14(9-16)12-32-33(23,30)31/h1-4,7-8,10,13-14,16H,5-6,9,11-12H2,(H2,23,30,31)(H,24,25,26). The second-order valence-corrected chi connectivity index (χ2v) is 9.12. The number of benzene rings is 1. The number of nitrogens with one attached hydrogen (secondary N) is 1. The first kappa shape index (κ1) is 23.0. The molecule has 1 aliphatic rings. The van der Waals surface area contributed by atoms with Crippen LogP contribution >= 0.6 is 0 Å². The van der Waals surface area contributed by atoms with Crippen LogP contribution in [0.1, 0.15) is 40.9 Å². The molecule has 2 unspecified atom stereocenters. The third-order valence-electron chi connectivity index (χ3n) is 5.47. The summed E-state index contributed by atoms with van der Waals surface area (Å²) in [6, 6.07) is 7.94. The van der Waals surface area contributed by atoms with E-state index in [9.17, 15) is 17.6 Å². The molecule has 33 heavy (non-hydrogen) atoms. The van der Waals surface area contributed by atoms with Crippen molar-refractivity contribution in [2.45, 2.75) is 31.8 Å². The first-order chi connectivity index (χ1) is 15.8. The molecule has 0 bridgehead atoms. The SMILES string of the molecule is NS(=O)(=O)OCC1CCC(Nc2ncncc2C(=O)c2ccn(Cc3ccccc3F)n2)C1. The summed E-state index contributed by atoms with van der Waals surface area (Å²) in [5.41, 5.74) is 0.917. The Bertz CT molecular complexity index is 1250. The van der Waals surface area contributed by atoms with Crippen LogP contribution in [-0.4, -0.2) is 46.6 Å². The number of nitrogens with zero attached hydrogens (tertiary/aromatic N) is 4. The van der Waals surface area contributed by atoms with Crippen molar-refractivity contribution in [2.24, 2.45) is 11.1 Å². The number of carbonyl (C=O) groups is 1. The van der Waals surface area contributed by atoms with Gasteiger partial charge in [0.25, 0.3) is 0 Å². The number of nitrogens with two attached hydrogens (primary N) is 1. The maximum Gasteiger partial charge on any atom is 0.333 e. The lowest BCUT2D eigenvalue weighted by atomic mass is 10.1. The molecule has 174 valence electrons. The fraction of sp³-hybridized carbons (Fsp3) is 0.333. The van der Waals surface area contributed by atoms with E-state index in [4.69, 9.17) is 9.32 Å². The topological polar surface area (TPSA) is 142 Å². The van der Waals surface area contributed by atoms with E-state index in [0.29, 0.717) is 17.8 Å². The second-order valence-electron chi connectivity index (χ2n) is 7.90. The molecule has 0 saturated heterocycles. The number of halogens is 1. The summed E-state index contributed by atoms with van der Waals surface area (Å²) in [7, 11) is -3.97. The molecule has 1 fully saturated rings. The van der Waals surface area contributed by atoms with Crippen molar-refractivity contribution in [3.8, 4) is 0 Å². The number of hydrogen-bond donors (Lipinski definition) is 2. The highest BCUT2D eigenvalue weighted by Crippen LogP contribution is 2.29. The molecule has 0 spiro atoms. The molecule has 4 rings (SSSR count). The molecule has 2 heterocycles. The average Bonchev–Trinajstić information content (AvgIpc) is 3.43. The third kappa shape index (κ3) is 5.97. The molecule has 1 saturated carbocycles. The predicted octanol–water partition coefficient (Wildman–Crippen LogP) is 1.89. The van der Waals surface area contributed by atoms with Crippen molar-refractivity contribution >= 4 is 21.9 Å². The first-order valence-electron chi connectivity index (χ1n) is 10.3. The van der Waals surface area contributed by atoms with Gasteiger partial charge in [-0.05, 0) is 37.3 Å². The van der Waals surface area contributed by atoms with Crippen LogP contribution in [0.3, 0.4) is 0 Å². The largest absolute Gasteiger partial charge is 0.367 e. The lowest BCUT2D eigenvalue weighted by molar-refractivity contribution is 0.103. The van der Waals surface area contributed by atoms with Crippen LogP contribution in [0.25, 0.3) is 0 Å². The Kier molecular flexibility index (Phi) is 6.77. The van der Waals surface area contributed by atoms with Gasteiger partial charge in [0, 0.05) is 24.0 Å². The molecule has 0 radical (unpaired) electrons. The van der Waals surface area contributed by atoms with Gasteiger partial charge in [-0.15, -0.1) is 0 Å². The van der Waals surface area contributed by atoms with E-state index in [2.05, 4.69) is 20.4 Å². The summed E-state index contributed by atoms with van der Waals surface area (Å²) in [6.07, 6.45) is 6.53. The quantitative estimate of drug-likeness (QED) is 0.448. The minimum absolute atomic E-state index is 0.0147. The van der Waals surface area contributed by atoms with Gasteiger partial charge in [-0.25, -0.2) is 19.5 Å². The normalized spacial score (nSPS) is 18.4. The molecular formula is C21H23FN6O4S. The Balaban J connectivity index is 1.43. The average molecular weight is 475 g/mol. The maximum absolute atomic E-state index is 13.9.